The number of methoxy groups -OCH3 is 1. The van der Waals surface area contributed by atoms with Gasteiger partial charge in [-0.2, -0.15) is 0 Å². The Morgan fingerprint density at radius 3 is 2.50 bits per heavy atom. The minimum atomic E-state index is -1.67. The molecule has 1 unspecified atom stereocenters. The highest BCUT2D eigenvalue weighted by Crippen LogP contribution is 2.33. The molecule has 5 heteroatoms. The van der Waals surface area contributed by atoms with Gasteiger partial charge in [0.2, 0.25) is 5.88 Å². The number of rotatable bonds is 7. The lowest BCUT2D eigenvalue weighted by atomic mass is 9.76. The lowest BCUT2D eigenvalue weighted by Gasteiger charge is -2.32. The number of aliphatic hydroxyl groups is 1. The predicted octanol–water partition coefficient (Wildman–Crippen LogP) is 5.01. The van der Waals surface area contributed by atoms with Gasteiger partial charge in [-0.05, 0) is 35.6 Å². The van der Waals surface area contributed by atoms with Crippen LogP contribution in [0.5, 0.6) is 5.88 Å². The van der Waals surface area contributed by atoms with Crippen LogP contribution < -0.4 is 4.74 Å². The van der Waals surface area contributed by atoms with Crippen LogP contribution in [-0.2, 0) is 5.41 Å². The molecule has 1 atom stereocenters. The summed E-state index contributed by atoms with van der Waals surface area (Å²) in [5.41, 5.74) is 0.305. The first kappa shape index (κ1) is 20.0. The molecule has 0 aliphatic rings. The number of fused-ring (bicyclic) bond motifs is 1. The summed E-state index contributed by atoms with van der Waals surface area (Å²) in [5, 5.41) is 11.7. The van der Waals surface area contributed by atoms with Crippen molar-refractivity contribution in [1.29, 1.82) is 0 Å². The molecule has 28 heavy (non-hydrogen) atoms. The summed E-state index contributed by atoms with van der Waals surface area (Å²) in [6.45, 7) is 3.07. The van der Waals surface area contributed by atoms with E-state index in [-0.39, 0.29) is 6.42 Å². The quantitative estimate of drug-likeness (QED) is 0.586. The maximum Gasteiger partial charge on any atom is 0.213 e. The Hall–Kier alpha value is -2.79. The van der Waals surface area contributed by atoms with E-state index in [2.05, 4.69) is 9.98 Å². The van der Waals surface area contributed by atoms with E-state index >= 15 is 0 Å². The van der Waals surface area contributed by atoms with E-state index in [1.807, 2.05) is 68.4 Å². The minimum absolute atomic E-state index is 0.209. The Balaban J connectivity index is 1.89. The van der Waals surface area contributed by atoms with Crippen LogP contribution in [0.1, 0.15) is 25.8 Å². The van der Waals surface area contributed by atoms with E-state index in [9.17, 15) is 9.50 Å². The molecule has 0 fully saturated rings. The van der Waals surface area contributed by atoms with Crippen molar-refractivity contribution in [3.63, 3.8) is 0 Å². The third kappa shape index (κ3) is 4.37. The Bertz CT molecular complexity index is 973. The first-order valence-corrected chi connectivity index (χ1v) is 9.20. The Labute approximate surface area is 164 Å². The molecule has 0 spiro atoms. The van der Waals surface area contributed by atoms with Crippen molar-refractivity contribution < 1.29 is 14.2 Å². The summed E-state index contributed by atoms with van der Waals surface area (Å²) in [6, 6.07) is 18.9. The highest BCUT2D eigenvalue weighted by atomic mass is 19.1. The van der Waals surface area contributed by atoms with Crippen LogP contribution in [0.2, 0.25) is 0 Å². The smallest absolute Gasteiger partial charge is 0.213 e. The number of hydrogen-bond donors (Lipinski definition) is 1. The average molecular weight is 380 g/mol. The second-order valence-corrected chi connectivity index (χ2v) is 7.62. The van der Waals surface area contributed by atoms with Gasteiger partial charge in [-0.1, -0.05) is 50.2 Å². The summed E-state index contributed by atoms with van der Waals surface area (Å²) in [6.07, 6.45) is 1.53. The number of alkyl halides is 1. The molecular weight excluding hydrogens is 355 g/mol. The van der Waals surface area contributed by atoms with Gasteiger partial charge in [0.25, 0.3) is 0 Å². The molecule has 0 saturated heterocycles. The topological polar surface area (TPSA) is 54.7 Å². The first-order chi connectivity index (χ1) is 13.4. The molecule has 3 aromatic rings. The molecule has 3 rings (SSSR count). The molecular formula is C23H25FN2O2. The van der Waals surface area contributed by atoms with Gasteiger partial charge in [-0.3, -0.25) is 4.99 Å². The number of aliphatic imine (C=N–C) groups is 1. The van der Waals surface area contributed by atoms with Gasteiger partial charge in [-0.25, -0.2) is 9.37 Å². The zero-order valence-corrected chi connectivity index (χ0v) is 16.4. The molecule has 146 valence electrons. The van der Waals surface area contributed by atoms with Crippen molar-refractivity contribution in [2.45, 2.75) is 31.3 Å². The van der Waals surface area contributed by atoms with Crippen molar-refractivity contribution in [2.75, 3.05) is 13.8 Å². The summed E-state index contributed by atoms with van der Waals surface area (Å²) in [5.74, 6) is 0.513. The third-order valence-electron chi connectivity index (χ3n) is 4.87. The molecule has 0 aliphatic heterocycles. The molecule has 0 saturated carbocycles. The number of aromatic nitrogens is 1. The van der Waals surface area contributed by atoms with E-state index in [1.165, 1.54) is 6.21 Å². The molecule has 1 heterocycles. The second kappa shape index (κ2) is 8.07. The molecule has 4 nitrogen and oxygen atoms in total. The normalized spacial score (nSPS) is 14.3. The van der Waals surface area contributed by atoms with Gasteiger partial charge in [0, 0.05) is 17.7 Å². The largest absolute Gasteiger partial charge is 0.481 e. The zero-order chi connectivity index (χ0) is 20.2. The fourth-order valence-electron chi connectivity index (χ4n) is 3.42. The molecule has 1 aromatic heterocycles. The van der Waals surface area contributed by atoms with Gasteiger partial charge in [0.15, 0.2) is 0 Å². The van der Waals surface area contributed by atoms with Gasteiger partial charge in [-0.15, -0.1) is 0 Å². The SMILES string of the molecule is COc1ccc2c(N=CC(O)(CF)CC(C)(C)c3ccccc3)cccc2n1. The standard InChI is InChI=1S/C23H25FN2O2/c1-22(2,17-8-5-4-6-9-17)14-23(27,15-24)16-25-19-10-7-11-20-18(19)12-13-21(26-20)28-3/h4-13,16,27H,14-15H2,1-3H3. The molecule has 2 aromatic carbocycles. The average Bonchev–Trinajstić information content (AvgIpc) is 2.72. The van der Waals surface area contributed by atoms with Crippen LogP contribution in [0.4, 0.5) is 10.1 Å². The highest BCUT2D eigenvalue weighted by molar-refractivity contribution is 5.92. The number of nitrogens with zero attached hydrogens (tertiary/aromatic N) is 2. The number of benzene rings is 2. The maximum absolute atomic E-state index is 13.8. The van der Waals surface area contributed by atoms with Crippen molar-refractivity contribution in [2.24, 2.45) is 4.99 Å². The number of ether oxygens (including phenoxy) is 1. The Morgan fingerprint density at radius 1 is 1.07 bits per heavy atom. The lowest BCUT2D eigenvalue weighted by molar-refractivity contribution is 0.0584. The molecule has 1 N–H and O–H groups in total. The molecule has 0 amide bonds. The lowest BCUT2D eigenvalue weighted by Crippen LogP contribution is -2.40. The Morgan fingerprint density at radius 2 is 1.82 bits per heavy atom. The monoisotopic (exact) mass is 380 g/mol. The fraction of sp³-hybridized carbons (Fsp3) is 0.304. The van der Waals surface area contributed by atoms with Crippen LogP contribution >= 0.6 is 0 Å². The van der Waals surface area contributed by atoms with Crippen molar-refractivity contribution >= 4 is 22.8 Å². The van der Waals surface area contributed by atoms with Crippen LogP contribution in [0.15, 0.2) is 65.7 Å². The highest BCUT2D eigenvalue weighted by Gasteiger charge is 2.34. The summed E-state index contributed by atoms with van der Waals surface area (Å²) in [7, 11) is 1.56. The van der Waals surface area contributed by atoms with E-state index in [4.69, 9.17) is 4.74 Å². The first-order valence-electron chi connectivity index (χ1n) is 9.20. The summed E-state index contributed by atoms with van der Waals surface area (Å²) < 4.78 is 19.0. The van der Waals surface area contributed by atoms with Crippen LogP contribution in [0.25, 0.3) is 10.9 Å². The van der Waals surface area contributed by atoms with E-state index < -0.39 is 17.7 Å². The summed E-state index contributed by atoms with van der Waals surface area (Å²) in [4.78, 5) is 8.80. The van der Waals surface area contributed by atoms with Gasteiger partial charge < -0.3 is 9.84 Å². The van der Waals surface area contributed by atoms with Crippen LogP contribution in [-0.4, -0.2) is 35.7 Å². The van der Waals surface area contributed by atoms with Crippen molar-refractivity contribution in [1.82, 2.24) is 4.98 Å². The minimum Gasteiger partial charge on any atom is -0.481 e. The maximum atomic E-state index is 13.8. The second-order valence-electron chi connectivity index (χ2n) is 7.62. The molecule has 0 radical (unpaired) electrons. The number of hydrogen-bond acceptors (Lipinski definition) is 4. The van der Waals surface area contributed by atoms with Crippen molar-refractivity contribution in [3.05, 3.63) is 66.2 Å². The molecule has 0 aliphatic carbocycles. The van der Waals surface area contributed by atoms with Gasteiger partial charge >= 0.3 is 0 Å². The zero-order valence-electron chi connectivity index (χ0n) is 16.4. The Kier molecular flexibility index (Phi) is 5.75. The van der Waals surface area contributed by atoms with Crippen molar-refractivity contribution in [3.8, 4) is 5.88 Å². The number of halogens is 1. The van der Waals surface area contributed by atoms with Crippen LogP contribution in [0.3, 0.4) is 0 Å². The third-order valence-corrected chi connectivity index (χ3v) is 4.87. The fourth-order valence-corrected chi connectivity index (χ4v) is 3.42. The predicted molar refractivity (Wildman–Crippen MR) is 111 cm³/mol. The van der Waals surface area contributed by atoms with E-state index in [1.54, 1.807) is 13.2 Å². The van der Waals surface area contributed by atoms with Gasteiger partial charge in [0.1, 0.15) is 12.3 Å². The van der Waals surface area contributed by atoms with Gasteiger partial charge in [0.05, 0.1) is 18.3 Å². The number of pyridine rings is 1. The molecule has 0 bridgehead atoms. The van der Waals surface area contributed by atoms with E-state index in [0.29, 0.717) is 11.6 Å². The van der Waals surface area contributed by atoms with Crippen LogP contribution in [0, 0.1) is 0 Å². The van der Waals surface area contributed by atoms with E-state index in [0.717, 1.165) is 16.5 Å². The summed E-state index contributed by atoms with van der Waals surface area (Å²) >= 11 is 0.